The molecule has 0 aliphatic carbocycles. The lowest BCUT2D eigenvalue weighted by Crippen LogP contribution is -1.77. The number of aliphatic hydroxyl groups is 1. The first-order valence-corrected chi connectivity index (χ1v) is 3.34. The molecule has 1 N–H and O–H groups in total. The number of hydrogen-bond donors (Lipinski definition) is 1. The molecule has 1 radical (unpaired) electrons. The summed E-state index contributed by atoms with van der Waals surface area (Å²) in [6.45, 7) is 3.66. The lowest BCUT2D eigenvalue weighted by molar-refractivity contribution is 0.350. The molecule has 1 aromatic carbocycles. The summed E-state index contributed by atoms with van der Waals surface area (Å²) in [6.07, 6.45) is 0. The Morgan fingerprint density at radius 1 is 1.45 bits per heavy atom. The number of aliphatic hydroxyl groups excluding tert-OH is 1. The summed E-state index contributed by atoms with van der Waals surface area (Å²) < 4.78 is 0. The van der Waals surface area contributed by atoms with Crippen molar-refractivity contribution in [1.29, 1.82) is 0 Å². The first kappa shape index (κ1) is 7.84. The molecule has 0 fully saturated rings. The zero-order valence-corrected chi connectivity index (χ0v) is 6.17. The van der Waals surface area contributed by atoms with Gasteiger partial charge in [0.2, 0.25) is 0 Å². The van der Waals surface area contributed by atoms with Crippen LogP contribution in [0.15, 0.2) is 24.3 Å². The Morgan fingerprint density at radius 3 is 2.91 bits per heavy atom. The summed E-state index contributed by atoms with van der Waals surface area (Å²) in [5.41, 5.74) is 1.83. The van der Waals surface area contributed by atoms with Crippen molar-refractivity contribution in [2.24, 2.45) is 0 Å². The number of rotatable bonds is 0. The standard InChI is InChI=1S/C10H9O/c1-9-4-2-5-10(8-9)6-3-7-11/h2,4-5,8,11H,1,7H2. The van der Waals surface area contributed by atoms with Gasteiger partial charge in [-0.25, -0.2) is 0 Å². The predicted octanol–water partition coefficient (Wildman–Crippen LogP) is 1.21. The van der Waals surface area contributed by atoms with E-state index >= 15 is 0 Å². The van der Waals surface area contributed by atoms with Crippen LogP contribution in [0.1, 0.15) is 11.1 Å². The van der Waals surface area contributed by atoms with E-state index in [1.54, 1.807) is 0 Å². The smallest absolute Gasteiger partial charge is 0.104 e. The summed E-state index contributed by atoms with van der Waals surface area (Å²) in [6, 6.07) is 7.56. The Kier molecular flexibility index (Phi) is 2.71. The van der Waals surface area contributed by atoms with Crippen LogP contribution in [0, 0.1) is 18.8 Å². The van der Waals surface area contributed by atoms with E-state index < -0.39 is 0 Å². The Bertz CT molecular complexity index is 291. The van der Waals surface area contributed by atoms with E-state index in [4.69, 9.17) is 5.11 Å². The normalized spacial score (nSPS) is 8.55. The molecule has 1 rings (SSSR count). The lowest BCUT2D eigenvalue weighted by Gasteiger charge is -1.91. The predicted molar refractivity (Wildman–Crippen MR) is 44.9 cm³/mol. The van der Waals surface area contributed by atoms with Crippen molar-refractivity contribution in [2.45, 2.75) is 0 Å². The summed E-state index contributed by atoms with van der Waals surface area (Å²) in [5.74, 6) is 5.36. The molecule has 0 unspecified atom stereocenters. The van der Waals surface area contributed by atoms with Gasteiger partial charge in [-0.15, -0.1) is 0 Å². The molecule has 1 aromatic rings. The highest BCUT2D eigenvalue weighted by Crippen LogP contribution is 2.01. The van der Waals surface area contributed by atoms with E-state index in [-0.39, 0.29) is 6.61 Å². The maximum atomic E-state index is 8.41. The summed E-state index contributed by atoms with van der Waals surface area (Å²) in [7, 11) is 0. The Labute approximate surface area is 66.7 Å². The van der Waals surface area contributed by atoms with E-state index in [0.29, 0.717) is 0 Å². The van der Waals surface area contributed by atoms with Crippen LogP contribution in [0.2, 0.25) is 0 Å². The second-order valence-electron chi connectivity index (χ2n) is 2.16. The molecule has 0 aromatic heterocycles. The van der Waals surface area contributed by atoms with Crippen molar-refractivity contribution in [3.8, 4) is 11.8 Å². The molecular weight excluding hydrogens is 136 g/mol. The van der Waals surface area contributed by atoms with Crippen molar-refractivity contribution in [3.05, 3.63) is 42.3 Å². The van der Waals surface area contributed by atoms with Gasteiger partial charge < -0.3 is 5.11 Å². The minimum absolute atomic E-state index is 0.0959. The maximum absolute atomic E-state index is 8.41. The van der Waals surface area contributed by atoms with Gasteiger partial charge in [0.25, 0.3) is 0 Å². The minimum Gasteiger partial charge on any atom is -0.384 e. The van der Waals surface area contributed by atoms with Crippen LogP contribution in [-0.2, 0) is 0 Å². The Balaban J connectivity index is 2.87. The van der Waals surface area contributed by atoms with E-state index in [1.165, 1.54) is 0 Å². The fourth-order valence-corrected chi connectivity index (χ4v) is 0.791. The van der Waals surface area contributed by atoms with E-state index in [2.05, 4.69) is 18.8 Å². The van der Waals surface area contributed by atoms with Gasteiger partial charge in [-0.1, -0.05) is 24.0 Å². The molecule has 0 spiro atoms. The molecule has 0 amide bonds. The van der Waals surface area contributed by atoms with Gasteiger partial charge in [0, 0.05) is 5.56 Å². The van der Waals surface area contributed by atoms with Gasteiger partial charge >= 0.3 is 0 Å². The molecule has 0 saturated heterocycles. The SMILES string of the molecule is [CH2]c1cccc(C#CCO)c1. The molecule has 11 heavy (non-hydrogen) atoms. The zero-order chi connectivity index (χ0) is 8.10. The van der Waals surface area contributed by atoms with Gasteiger partial charge in [-0.05, 0) is 24.6 Å². The molecule has 0 heterocycles. The molecule has 0 aliphatic heterocycles. The van der Waals surface area contributed by atoms with Crippen LogP contribution in [-0.4, -0.2) is 11.7 Å². The van der Waals surface area contributed by atoms with Crippen LogP contribution in [0.25, 0.3) is 0 Å². The molecule has 0 bridgehead atoms. The van der Waals surface area contributed by atoms with Crippen LogP contribution in [0.5, 0.6) is 0 Å². The molecule has 0 saturated carbocycles. The highest BCUT2D eigenvalue weighted by atomic mass is 16.2. The van der Waals surface area contributed by atoms with Crippen molar-refractivity contribution < 1.29 is 5.11 Å². The molecule has 0 atom stereocenters. The Hall–Kier alpha value is -1.26. The lowest BCUT2D eigenvalue weighted by atomic mass is 10.1. The minimum atomic E-state index is -0.0959. The van der Waals surface area contributed by atoms with E-state index in [1.807, 2.05) is 24.3 Å². The van der Waals surface area contributed by atoms with E-state index in [9.17, 15) is 0 Å². The fourth-order valence-electron chi connectivity index (χ4n) is 0.791. The molecule has 1 nitrogen and oxygen atoms in total. The average Bonchev–Trinajstić information content (AvgIpc) is 2.01. The monoisotopic (exact) mass is 145 g/mol. The van der Waals surface area contributed by atoms with Crippen molar-refractivity contribution in [1.82, 2.24) is 0 Å². The van der Waals surface area contributed by atoms with Crippen LogP contribution in [0.4, 0.5) is 0 Å². The van der Waals surface area contributed by atoms with E-state index in [0.717, 1.165) is 11.1 Å². The van der Waals surface area contributed by atoms with Gasteiger partial charge in [0.15, 0.2) is 0 Å². The van der Waals surface area contributed by atoms with Crippen molar-refractivity contribution >= 4 is 0 Å². The van der Waals surface area contributed by atoms with Crippen LogP contribution < -0.4 is 0 Å². The summed E-state index contributed by atoms with van der Waals surface area (Å²) >= 11 is 0. The second-order valence-corrected chi connectivity index (χ2v) is 2.16. The highest BCUT2D eigenvalue weighted by Gasteiger charge is 1.85. The summed E-state index contributed by atoms with van der Waals surface area (Å²) in [4.78, 5) is 0. The van der Waals surface area contributed by atoms with Crippen LogP contribution >= 0.6 is 0 Å². The maximum Gasteiger partial charge on any atom is 0.104 e. The number of benzene rings is 1. The largest absolute Gasteiger partial charge is 0.384 e. The third kappa shape index (κ3) is 2.45. The highest BCUT2D eigenvalue weighted by molar-refractivity contribution is 5.37. The first-order valence-electron chi connectivity index (χ1n) is 3.34. The fraction of sp³-hybridized carbons (Fsp3) is 0.100. The zero-order valence-electron chi connectivity index (χ0n) is 6.17. The molecule has 55 valence electrons. The van der Waals surface area contributed by atoms with Gasteiger partial charge in [-0.3, -0.25) is 0 Å². The third-order valence-electron chi connectivity index (χ3n) is 1.24. The summed E-state index contributed by atoms with van der Waals surface area (Å²) in [5, 5.41) is 8.41. The second kappa shape index (κ2) is 3.80. The quantitative estimate of drug-likeness (QED) is 0.544. The van der Waals surface area contributed by atoms with Gasteiger partial charge in [-0.2, -0.15) is 0 Å². The third-order valence-corrected chi connectivity index (χ3v) is 1.24. The molecular formula is C10H9O. The first-order chi connectivity index (χ1) is 5.33. The topological polar surface area (TPSA) is 20.2 Å². The van der Waals surface area contributed by atoms with Gasteiger partial charge in [0.05, 0.1) is 0 Å². The number of hydrogen-bond acceptors (Lipinski definition) is 1. The van der Waals surface area contributed by atoms with Crippen molar-refractivity contribution in [2.75, 3.05) is 6.61 Å². The molecule has 0 aliphatic rings. The van der Waals surface area contributed by atoms with Crippen LogP contribution in [0.3, 0.4) is 0 Å². The Morgan fingerprint density at radius 2 is 2.27 bits per heavy atom. The average molecular weight is 145 g/mol. The van der Waals surface area contributed by atoms with Gasteiger partial charge in [0.1, 0.15) is 6.61 Å². The van der Waals surface area contributed by atoms with Crippen molar-refractivity contribution in [3.63, 3.8) is 0 Å². The molecule has 1 heteroatoms.